The Kier molecular flexibility index (Phi) is 4.13. The molecule has 0 aliphatic heterocycles. The number of benzene rings is 1. The summed E-state index contributed by atoms with van der Waals surface area (Å²) >= 11 is 0. The second-order valence-electron chi connectivity index (χ2n) is 4.98. The lowest BCUT2D eigenvalue weighted by atomic mass is 10.1. The highest BCUT2D eigenvalue weighted by Crippen LogP contribution is 2.20. The van der Waals surface area contributed by atoms with Crippen LogP contribution in [-0.4, -0.2) is 21.0 Å². The molecule has 2 heterocycles. The van der Waals surface area contributed by atoms with Gasteiger partial charge in [-0.1, -0.05) is 12.1 Å². The lowest BCUT2D eigenvalue weighted by Gasteiger charge is -2.13. The van der Waals surface area contributed by atoms with Gasteiger partial charge in [-0.25, -0.2) is 13.8 Å². The number of hydrogen-bond acceptors (Lipinski definition) is 3. The Hall–Kier alpha value is -2.31. The topological polar surface area (TPSA) is 49.6 Å². The van der Waals surface area contributed by atoms with Crippen LogP contribution in [0.1, 0.15) is 17.4 Å². The van der Waals surface area contributed by atoms with Crippen molar-refractivity contribution in [1.82, 2.24) is 14.7 Å². The number of halogens is 2. The Balaban J connectivity index is 1.63. The van der Waals surface area contributed by atoms with Crippen LogP contribution in [0, 0.1) is 11.6 Å². The first kappa shape index (κ1) is 14.6. The van der Waals surface area contributed by atoms with E-state index in [0.29, 0.717) is 6.54 Å². The zero-order valence-corrected chi connectivity index (χ0v) is 11.7. The maximum Gasteiger partial charge on any atom is 0.137 e. The van der Waals surface area contributed by atoms with Gasteiger partial charge in [0.15, 0.2) is 0 Å². The highest BCUT2D eigenvalue weighted by Gasteiger charge is 2.17. The number of pyridine rings is 1. The van der Waals surface area contributed by atoms with Crippen LogP contribution in [0.5, 0.6) is 0 Å². The molecule has 0 spiro atoms. The third-order valence-electron chi connectivity index (χ3n) is 3.39. The van der Waals surface area contributed by atoms with Gasteiger partial charge in [-0.2, -0.15) is 0 Å². The van der Waals surface area contributed by atoms with Gasteiger partial charge in [0.2, 0.25) is 0 Å². The van der Waals surface area contributed by atoms with E-state index in [1.807, 2.05) is 35.0 Å². The molecule has 6 heteroatoms. The lowest BCUT2D eigenvalue weighted by molar-refractivity contribution is 0.164. The van der Waals surface area contributed by atoms with Crippen molar-refractivity contribution < 1.29 is 13.9 Å². The number of rotatable bonds is 5. The van der Waals surface area contributed by atoms with E-state index in [1.54, 1.807) is 0 Å². The Labute approximate surface area is 126 Å². The summed E-state index contributed by atoms with van der Waals surface area (Å²) < 4.78 is 29.0. The molecule has 1 atom stereocenters. The van der Waals surface area contributed by atoms with E-state index in [-0.39, 0.29) is 12.1 Å². The Morgan fingerprint density at radius 3 is 2.64 bits per heavy atom. The summed E-state index contributed by atoms with van der Waals surface area (Å²) in [6, 6.07) is 9.20. The molecule has 1 aromatic carbocycles. The van der Waals surface area contributed by atoms with Crippen LogP contribution >= 0.6 is 0 Å². The zero-order chi connectivity index (χ0) is 15.5. The molecule has 3 aromatic rings. The average Bonchev–Trinajstić information content (AvgIpc) is 2.89. The summed E-state index contributed by atoms with van der Waals surface area (Å²) in [5, 5.41) is 12.9. The second-order valence-corrected chi connectivity index (χ2v) is 4.98. The third-order valence-corrected chi connectivity index (χ3v) is 3.39. The van der Waals surface area contributed by atoms with Crippen LogP contribution < -0.4 is 5.32 Å². The van der Waals surface area contributed by atoms with Gasteiger partial charge in [-0.15, -0.1) is 0 Å². The van der Waals surface area contributed by atoms with Crippen molar-refractivity contribution in [3.63, 3.8) is 0 Å². The van der Waals surface area contributed by atoms with Gasteiger partial charge in [0, 0.05) is 25.5 Å². The SMILES string of the molecule is OC(CNCc1cn2ccccc2n1)c1c(F)cccc1F. The molecular weight excluding hydrogens is 288 g/mol. The molecular formula is C16H15F2N3O. The van der Waals surface area contributed by atoms with E-state index in [2.05, 4.69) is 10.3 Å². The van der Waals surface area contributed by atoms with Gasteiger partial charge in [-0.3, -0.25) is 0 Å². The third kappa shape index (κ3) is 2.98. The van der Waals surface area contributed by atoms with Crippen molar-refractivity contribution in [2.24, 2.45) is 0 Å². The minimum atomic E-state index is -1.25. The number of aromatic nitrogens is 2. The normalized spacial score (nSPS) is 12.7. The number of nitrogens with one attached hydrogen (secondary N) is 1. The van der Waals surface area contributed by atoms with E-state index in [4.69, 9.17) is 0 Å². The van der Waals surface area contributed by atoms with Crippen molar-refractivity contribution in [2.45, 2.75) is 12.6 Å². The molecule has 0 aliphatic rings. The molecule has 1 unspecified atom stereocenters. The van der Waals surface area contributed by atoms with E-state index in [9.17, 15) is 13.9 Å². The summed E-state index contributed by atoms with van der Waals surface area (Å²) in [6.45, 7) is 0.431. The smallest absolute Gasteiger partial charge is 0.137 e. The molecule has 0 fully saturated rings. The van der Waals surface area contributed by atoms with E-state index in [1.165, 1.54) is 6.07 Å². The Bertz CT molecular complexity index is 735. The molecule has 114 valence electrons. The van der Waals surface area contributed by atoms with Crippen LogP contribution in [0.3, 0.4) is 0 Å². The molecule has 0 bridgehead atoms. The highest BCUT2D eigenvalue weighted by molar-refractivity contribution is 5.39. The quantitative estimate of drug-likeness (QED) is 0.761. The Morgan fingerprint density at radius 1 is 1.14 bits per heavy atom. The van der Waals surface area contributed by atoms with Crippen molar-refractivity contribution in [3.8, 4) is 0 Å². The molecule has 0 radical (unpaired) electrons. The van der Waals surface area contributed by atoms with Gasteiger partial charge < -0.3 is 14.8 Å². The summed E-state index contributed by atoms with van der Waals surface area (Å²) in [6.07, 6.45) is 2.49. The first-order chi connectivity index (χ1) is 10.6. The van der Waals surface area contributed by atoms with Crippen LogP contribution in [0.15, 0.2) is 48.8 Å². The minimum absolute atomic E-state index is 0.0335. The first-order valence-electron chi connectivity index (χ1n) is 6.90. The van der Waals surface area contributed by atoms with Gasteiger partial charge >= 0.3 is 0 Å². The van der Waals surface area contributed by atoms with E-state index < -0.39 is 17.7 Å². The highest BCUT2D eigenvalue weighted by atomic mass is 19.1. The molecule has 0 aliphatic carbocycles. The number of aliphatic hydroxyl groups is 1. The number of fused-ring (bicyclic) bond motifs is 1. The van der Waals surface area contributed by atoms with Gasteiger partial charge in [-0.05, 0) is 24.3 Å². The molecule has 4 nitrogen and oxygen atoms in total. The summed E-state index contributed by atoms with van der Waals surface area (Å²) in [4.78, 5) is 4.39. The molecule has 3 rings (SSSR count). The predicted molar refractivity (Wildman–Crippen MR) is 78.2 cm³/mol. The monoisotopic (exact) mass is 303 g/mol. The number of hydrogen-bond donors (Lipinski definition) is 2. The van der Waals surface area contributed by atoms with Gasteiger partial charge in [0.1, 0.15) is 17.3 Å². The predicted octanol–water partition coefficient (Wildman–Crippen LogP) is 2.44. The van der Waals surface area contributed by atoms with Crippen LogP contribution in [-0.2, 0) is 6.54 Å². The molecule has 0 amide bonds. The largest absolute Gasteiger partial charge is 0.387 e. The van der Waals surface area contributed by atoms with Gasteiger partial charge in [0.25, 0.3) is 0 Å². The van der Waals surface area contributed by atoms with Crippen LogP contribution in [0.2, 0.25) is 0 Å². The van der Waals surface area contributed by atoms with E-state index in [0.717, 1.165) is 23.5 Å². The number of imidazole rings is 1. The maximum absolute atomic E-state index is 13.5. The van der Waals surface area contributed by atoms with Crippen LogP contribution in [0.25, 0.3) is 5.65 Å². The van der Waals surface area contributed by atoms with Crippen molar-refractivity contribution in [1.29, 1.82) is 0 Å². The fraction of sp³-hybridized carbons (Fsp3) is 0.188. The van der Waals surface area contributed by atoms with Crippen molar-refractivity contribution in [2.75, 3.05) is 6.54 Å². The number of aliphatic hydroxyl groups excluding tert-OH is 1. The second kappa shape index (κ2) is 6.21. The Morgan fingerprint density at radius 2 is 1.91 bits per heavy atom. The average molecular weight is 303 g/mol. The molecule has 22 heavy (non-hydrogen) atoms. The van der Waals surface area contributed by atoms with Crippen LogP contribution in [0.4, 0.5) is 8.78 Å². The minimum Gasteiger partial charge on any atom is -0.387 e. The van der Waals surface area contributed by atoms with Crippen molar-refractivity contribution >= 4 is 5.65 Å². The summed E-state index contributed by atoms with van der Waals surface area (Å²) in [7, 11) is 0. The molecule has 2 N–H and O–H groups in total. The molecule has 0 saturated carbocycles. The van der Waals surface area contributed by atoms with Crippen molar-refractivity contribution in [3.05, 3.63) is 71.7 Å². The first-order valence-corrected chi connectivity index (χ1v) is 6.90. The molecule has 0 saturated heterocycles. The standard InChI is InChI=1S/C16H15F2N3O/c17-12-4-3-5-13(18)16(12)14(22)9-19-8-11-10-21-7-2-1-6-15(21)20-11/h1-7,10,14,19,22H,8-9H2. The fourth-order valence-corrected chi connectivity index (χ4v) is 2.34. The van der Waals surface area contributed by atoms with Gasteiger partial charge in [0.05, 0.1) is 17.4 Å². The maximum atomic E-state index is 13.5. The summed E-state index contributed by atoms with van der Waals surface area (Å²) in [5.41, 5.74) is 1.29. The fourth-order valence-electron chi connectivity index (χ4n) is 2.34. The number of nitrogens with zero attached hydrogens (tertiary/aromatic N) is 2. The molecule has 2 aromatic heterocycles. The zero-order valence-electron chi connectivity index (χ0n) is 11.7. The summed E-state index contributed by atoms with van der Waals surface area (Å²) in [5.74, 6) is -1.50. The van der Waals surface area contributed by atoms with E-state index >= 15 is 0 Å². The lowest BCUT2D eigenvalue weighted by Crippen LogP contribution is -2.22.